The van der Waals surface area contributed by atoms with Gasteiger partial charge in [0.25, 0.3) is 11.6 Å². The van der Waals surface area contributed by atoms with Gasteiger partial charge in [-0.3, -0.25) is 14.9 Å². The molecule has 0 saturated carbocycles. The Balaban J connectivity index is 1.83. The average molecular weight is 444 g/mol. The molecule has 10 heteroatoms. The first-order valence-electron chi connectivity index (χ1n) is 9.13. The summed E-state index contributed by atoms with van der Waals surface area (Å²) in [6, 6.07) is 15.4. The summed E-state index contributed by atoms with van der Waals surface area (Å²) >= 11 is 0. The molecule has 0 aliphatic carbocycles. The molecule has 0 heterocycles. The van der Waals surface area contributed by atoms with Crippen LogP contribution in [-0.4, -0.2) is 16.8 Å². The number of hydrogen-bond donors (Lipinski definition) is 1. The van der Waals surface area contributed by atoms with E-state index in [-0.39, 0.29) is 23.5 Å². The van der Waals surface area contributed by atoms with Crippen molar-refractivity contribution in [3.8, 4) is 0 Å². The first-order valence-corrected chi connectivity index (χ1v) is 9.13. The van der Waals surface area contributed by atoms with Crippen LogP contribution in [0.2, 0.25) is 0 Å². The van der Waals surface area contributed by atoms with Gasteiger partial charge in [0.2, 0.25) is 0 Å². The van der Waals surface area contributed by atoms with E-state index in [0.29, 0.717) is 11.6 Å². The Bertz CT molecular complexity index is 1150. The molecule has 1 amide bonds. The minimum atomic E-state index is -4.71. The molecule has 0 aromatic heterocycles. The third kappa shape index (κ3) is 5.48. The number of nitro benzene ring substituents is 1. The number of benzene rings is 3. The van der Waals surface area contributed by atoms with E-state index in [9.17, 15) is 32.9 Å². The molecule has 0 radical (unpaired) electrons. The fourth-order valence-corrected chi connectivity index (χ4v) is 2.72. The van der Waals surface area contributed by atoms with Crippen LogP contribution in [-0.2, 0) is 17.5 Å². The zero-order valence-electron chi connectivity index (χ0n) is 16.3. The Labute approximate surface area is 179 Å². The van der Waals surface area contributed by atoms with Gasteiger partial charge in [-0.1, -0.05) is 18.2 Å². The van der Waals surface area contributed by atoms with Gasteiger partial charge in [-0.2, -0.15) is 13.2 Å². The zero-order valence-corrected chi connectivity index (χ0v) is 16.3. The number of carbonyl (C=O) groups is 2. The Hall–Kier alpha value is -4.21. The van der Waals surface area contributed by atoms with Crippen molar-refractivity contribution in [1.82, 2.24) is 0 Å². The molecule has 164 valence electrons. The van der Waals surface area contributed by atoms with Crippen LogP contribution in [0, 0.1) is 10.1 Å². The molecule has 1 N–H and O–H groups in total. The van der Waals surface area contributed by atoms with Crippen molar-refractivity contribution in [3.63, 3.8) is 0 Å². The maximum Gasteiger partial charge on any atom is 0.416 e. The number of non-ortho nitro benzene ring substituents is 1. The largest absolute Gasteiger partial charge is 0.457 e. The number of nitro groups is 1. The van der Waals surface area contributed by atoms with E-state index in [1.54, 1.807) is 18.2 Å². The Morgan fingerprint density at radius 2 is 1.62 bits per heavy atom. The summed E-state index contributed by atoms with van der Waals surface area (Å²) in [6.07, 6.45) is -4.71. The van der Waals surface area contributed by atoms with Gasteiger partial charge in [0.05, 0.1) is 21.7 Å². The molecule has 3 aromatic carbocycles. The second kappa shape index (κ2) is 9.29. The minimum Gasteiger partial charge on any atom is -0.457 e. The van der Waals surface area contributed by atoms with Gasteiger partial charge >= 0.3 is 12.1 Å². The summed E-state index contributed by atoms with van der Waals surface area (Å²) in [5.41, 5.74) is -1.24. The number of anilines is 1. The topological polar surface area (TPSA) is 98.5 Å². The normalized spacial score (nSPS) is 11.0. The lowest BCUT2D eigenvalue weighted by Crippen LogP contribution is -2.17. The number of carbonyl (C=O) groups excluding carboxylic acids is 2. The van der Waals surface area contributed by atoms with Crippen molar-refractivity contribution in [2.75, 3.05) is 5.32 Å². The van der Waals surface area contributed by atoms with Crippen molar-refractivity contribution in [2.45, 2.75) is 12.8 Å². The van der Waals surface area contributed by atoms with E-state index in [1.165, 1.54) is 36.4 Å². The molecule has 0 aliphatic heterocycles. The van der Waals surface area contributed by atoms with Crippen LogP contribution in [0.1, 0.15) is 31.8 Å². The molecule has 0 atom stereocenters. The summed E-state index contributed by atoms with van der Waals surface area (Å²) in [4.78, 5) is 35.1. The highest BCUT2D eigenvalue weighted by Crippen LogP contribution is 2.32. The molecule has 3 aromatic rings. The summed E-state index contributed by atoms with van der Waals surface area (Å²) in [6.45, 7) is -0.334. The van der Waals surface area contributed by atoms with Crippen molar-refractivity contribution < 1.29 is 32.4 Å². The molecule has 0 aliphatic rings. The molecular weight excluding hydrogens is 429 g/mol. The van der Waals surface area contributed by atoms with Gasteiger partial charge in [-0.15, -0.1) is 0 Å². The number of hydrogen-bond acceptors (Lipinski definition) is 5. The monoisotopic (exact) mass is 444 g/mol. The summed E-state index contributed by atoms with van der Waals surface area (Å²) in [5.74, 6) is -1.72. The van der Waals surface area contributed by atoms with E-state index in [4.69, 9.17) is 4.74 Å². The Morgan fingerprint density at radius 3 is 2.22 bits per heavy atom. The Kier molecular flexibility index (Phi) is 6.53. The first kappa shape index (κ1) is 22.5. The minimum absolute atomic E-state index is 0.152. The van der Waals surface area contributed by atoms with Crippen molar-refractivity contribution >= 4 is 23.3 Å². The zero-order chi connectivity index (χ0) is 23.3. The number of nitrogens with zero attached hydrogens (tertiary/aromatic N) is 1. The smallest absolute Gasteiger partial charge is 0.416 e. The van der Waals surface area contributed by atoms with Gasteiger partial charge in [0.1, 0.15) is 6.61 Å². The molecular formula is C22H15F3N2O5. The number of nitrogens with one attached hydrogen (secondary N) is 1. The lowest BCUT2D eigenvalue weighted by atomic mass is 10.1. The van der Waals surface area contributed by atoms with Gasteiger partial charge in [0.15, 0.2) is 0 Å². The fraction of sp³-hybridized carbons (Fsp3) is 0.0909. The number of halogens is 3. The second-order valence-electron chi connectivity index (χ2n) is 6.58. The highest BCUT2D eigenvalue weighted by Gasteiger charge is 2.32. The Morgan fingerprint density at radius 1 is 0.969 bits per heavy atom. The maximum atomic E-state index is 13.1. The number of esters is 1. The quantitative estimate of drug-likeness (QED) is 0.319. The number of ether oxygens (including phenoxy) is 1. The number of amides is 1. The summed E-state index contributed by atoms with van der Waals surface area (Å²) < 4.78 is 44.5. The van der Waals surface area contributed by atoms with Crippen molar-refractivity contribution in [3.05, 3.63) is 105 Å². The van der Waals surface area contributed by atoms with Gasteiger partial charge in [-0.05, 0) is 48.0 Å². The van der Waals surface area contributed by atoms with Crippen LogP contribution >= 0.6 is 0 Å². The SMILES string of the molecule is O=C(Nc1ccc(C(F)(F)F)cc1C(=O)OCc1ccc([N+](=O)[O-])cc1)c1ccccc1. The second-order valence-corrected chi connectivity index (χ2v) is 6.58. The van der Waals surface area contributed by atoms with Crippen LogP contribution < -0.4 is 5.32 Å². The molecule has 7 nitrogen and oxygen atoms in total. The highest BCUT2D eigenvalue weighted by atomic mass is 19.4. The van der Waals surface area contributed by atoms with Crippen LogP contribution in [0.4, 0.5) is 24.5 Å². The number of rotatable bonds is 6. The molecule has 32 heavy (non-hydrogen) atoms. The van der Waals surface area contributed by atoms with E-state index in [0.717, 1.165) is 12.1 Å². The van der Waals surface area contributed by atoms with Gasteiger partial charge < -0.3 is 10.1 Å². The molecule has 0 saturated heterocycles. The molecule has 0 fully saturated rings. The predicted octanol–water partition coefficient (Wildman–Crippen LogP) is 5.22. The van der Waals surface area contributed by atoms with E-state index in [1.807, 2.05) is 0 Å². The highest BCUT2D eigenvalue weighted by molar-refractivity contribution is 6.08. The van der Waals surface area contributed by atoms with E-state index in [2.05, 4.69) is 5.32 Å². The lowest BCUT2D eigenvalue weighted by molar-refractivity contribution is -0.384. The average Bonchev–Trinajstić information content (AvgIpc) is 2.77. The molecule has 0 spiro atoms. The standard InChI is InChI=1S/C22H15F3N2O5/c23-22(24,25)16-8-11-19(26-20(28)15-4-2-1-3-5-15)18(12-16)21(29)32-13-14-6-9-17(10-7-14)27(30)31/h1-12H,13H2,(H,26,28). The van der Waals surface area contributed by atoms with Crippen LogP contribution in [0.3, 0.4) is 0 Å². The van der Waals surface area contributed by atoms with E-state index >= 15 is 0 Å². The lowest BCUT2D eigenvalue weighted by Gasteiger charge is -2.14. The molecule has 0 bridgehead atoms. The van der Waals surface area contributed by atoms with Crippen LogP contribution in [0.15, 0.2) is 72.8 Å². The predicted molar refractivity (Wildman–Crippen MR) is 108 cm³/mol. The summed E-state index contributed by atoms with van der Waals surface area (Å²) in [7, 11) is 0. The first-order chi connectivity index (χ1) is 15.1. The fourth-order valence-electron chi connectivity index (χ4n) is 2.72. The van der Waals surface area contributed by atoms with Crippen LogP contribution in [0.5, 0.6) is 0 Å². The third-order valence-electron chi connectivity index (χ3n) is 4.37. The van der Waals surface area contributed by atoms with E-state index < -0.39 is 34.1 Å². The molecule has 3 rings (SSSR count). The summed E-state index contributed by atoms with van der Waals surface area (Å²) in [5, 5.41) is 13.1. The maximum absolute atomic E-state index is 13.1. The van der Waals surface area contributed by atoms with Crippen LogP contribution in [0.25, 0.3) is 0 Å². The van der Waals surface area contributed by atoms with Crippen molar-refractivity contribution in [1.29, 1.82) is 0 Å². The van der Waals surface area contributed by atoms with Gasteiger partial charge in [-0.25, -0.2) is 4.79 Å². The molecule has 0 unspecified atom stereocenters. The number of alkyl halides is 3. The third-order valence-corrected chi connectivity index (χ3v) is 4.37. The van der Waals surface area contributed by atoms with Gasteiger partial charge in [0, 0.05) is 17.7 Å². The van der Waals surface area contributed by atoms with Crippen molar-refractivity contribution in [2.24, 2.45) is 0 Å².